The van der Waals surface area contributed by atoms with Gasteiger partial charge in [0.2, 0.25) is 0 Å². The summed E-state index contributed by atoms with van der Waals surface area (Å²) in [5.41, 5.74) is 1.72. The predicted molar refractivity (Wildman–Crippen MR) is 105 cm³/mol. The van der Waals surface area contributed by atoms with Crippen LogP contribution in [0.25, 0.3) is 0 Å². The van der Waals surface area contributed by atoms with E-state index in [1.807, 2.05) is 0 Å². The van der Waals surface area contributed by atoms with Crippen molar-refractivity contribution in [2.75, 3.05) is 7.11 Å². The molecular weight excluding hydrogens is 429 g/mol. The molecule has 0 unspecified atom stereocenters. The molecule has 0 amide bonds. The minimum absolute atomic E-state index is 0.858. The van der Waals surface area contributed by atoms with Gasteiger partial charge in [0.1, 0.15) is 5.75 Å². The van der Waals surface area contributed by atoms with Crippen LogP contribution >= 0.6 is 16.8 Å². The molecule has 0 heterocycles. The normalized spacial score (nSPS) is 20.2. The van der Waals surface area contributed by atoms with Crippen LogP contribution in [0.1, 0.15) is 64.2 Å². The van der Waals surface area contributed by atoms with Crippen molar-refractivity contribution in [3.05, 3.63) is 30.9 Å². The van der Waals surface area contributed by atoms with Gasteiger partial charge in [-0.3, -0.25) is 0 Å². The molecular formula is C20H31ClOPPd+. The number of benzene rings is 1. The summed E-state index contributed by atoms with van der Waals surface area (Å²) in [5.74, 6) is 1.01. The fourth-order valence-electron chi connectivity index (χ4n) is 4.67. The topological polar surface area (TPSA) is 9.23 Å². The van der Waals surface area contributed by atoms with Crippen molar-refractivity contribution in [1.29, 1.82) is 0 Å². The summed E-state index contributed by atoms with van der Waals surface area (Å²) in [6, 6.07) is 8.92. The van der Waals surface area contributed by atoms with Crippen LogP contribution in [-0.2, 0) is 18.2 Å². The van der Waals surface area contributed by atoms with Crippen LogP contribution < -0.4 is 10.0 Å². The second kappa shape index (κ2) is 10.5. The van der Waals surface area contributed by atoms with Gasteiger partial charge in [0.15, 0.2) is 0 Å². The molecule has 1 nitrogen and oxygen atoms in total. The molecule has 2 saturated carbocycles. The van der Waals surface area contributed by atoms with Gasteiger partial charge in [0.05, 0.1) is 12.4 Å². The second-order valence-corrected chi connectivity index (χ2v) is 11.1. The number of halogens is 1. The first-order valence-corrected chi connectivity index (χ1v) is 13.4. The van der Waals surface area contributed by atoms with Crippen LogP contribution in [0.4, 0.5) is 0 Å². The Labute approximate surface area is 164 Å². The minimum atomic E-state index is -1.34. The van der Waals surface area contributed by atoms with E-state index in [1.165, 1.54) is 69.5 Å². The van der Waals surface area contributed by atoms with Gasteiger partial charge in [-0.05, 0) is 63.5 Å². The summed E-state index contributed by atoms with van der Waals surface area (Å²) in [7, 11) is 4.93. The van der Waals surface area contributed by atoms with Crippen molar-refractivity contribution in [2.24, 2.45) is 0 Å². The Bertz CT molecular complexity index is 466. The third-order valence-electron chi connectivity index (χ3n) is 5.99. The Kier molecular flexibility index (Phi) is 9.08. The number of hydrogen-bond acceptors (Lipinski definition) is 1. The summed E-state index contributed by atoms with van der Waals surface area (Å²) in [6.45, 7) is 5.02. The molecule has 3 rings (SSSR count). The van der Waals surface area contributed by atoms with Gasteiger partial charge in [-0.25, -0.2) is 0 Å². The van der Waals surface area contributed by atoms with E-state index in [2.05, 4.69) is 52.0 Å². The van der Waals surface area contributed by atoms with Gasteiger partial charge in [-0.1, -0.05) is 26.2 Å². The second-order valence-electron chi connectivity index (χ2n) is 7.22. The van der Waals surface area contributed by atoms with Gasteiger partial charge in [0, 0.05) is 17.4 Å². The zero-order valence-electron chi connectivity index (χ0n) is 14.8. The maximum atomic E-state index is 5.51. The molecule has 1 aromatic rings. The van der Waals surface area contributed by atoms with Crippen molar-refractivity contribution in [3.63, 3.8) is 0 Å². The Morgan fingerprint density at radius 3 is 1.92 bits per heavy atom. The average Bonchev–Trinajstić information content (AvgIpc) is 2.70. The molecule has 0 saturated heterocycles. The fraction of sp³-hybridized carbons (Fsp3) is 0.650. The molecule has 24 heavy (non-hydrogen) atoms. The molecule has 4 heteroatoms. The monoisotopic (exact) mass is 459 g/mol. The number of methoxy groups -OCH3 is 1. The Morgan fingerprint density at radius 2 is 1.46 bits per heavy atom. The number of ether oxygens (including phenoxy) is 1. The average molecular weight is 460 g/mol. The summed E-state index contributed by atoms with van der Waals surface area (Å²) in [4.78, 5) is 0. The van der Waals surface area contributed by atoms with Crippen LogP contribution in [0.3, 0.4) is 0 Å². The van der Waals surface area contributed by atoms with Gasteiger partial charge in [0.25, 0.3) is 0 Å². The van der Waals surface area contributed by atoms with Crippen molar-refractivity contribution in [3.8, 4) is 5.75 Å². The van der Waals surface area contributed by atoms with Gasteiger partial charge >= 0.3 is 27.7 Å². The molecule has 138 valence electrons. The van der Waals surface area contributed by atoms with E-state index < -0.39 is 7.26 Å². The Morgan fingerprint density at radius 1 is 0.958 bits per heavy atom. The number of hydrogen-bond donors (Lipinski definition) is 0. The van der Waals surface area contributed by atoms with Crippen LogP contribution in [0.15, 0.2) is 24.3 Å². The molecule has 2 aliphatic carbocycles. The van der Waals surface area contributed by atoms with Gasteiger partial charge in [-0.15, -0.1) is 0 Å². The van der Waals surface area contributed by atoms with Crippen LogP contribution in [-0.4, -0.2) is 18.4 Å². The Hall–Kier alpha value is 0.402. The Balaban J connectivity index is 0.00000100. The summed E-state index contributed by atoms with van der Waals surface area (Å²) < 4.78 is 5.51. The molecule has 0 atom stereocenters. The van der Waals surface area contributed by atoms with E-state index in [0.29, 0.717) is 0 Å². The standard InChI is InChI=1S/C20H31OP.ClH.Pd/c1-21-17-10-9-15-20(16-17)22(2,18-11-5-3-6-12-18)19-13-7-4-8-14-19;;/h9-10,15-16,18-19H,2-8,11-14H2,1H3;1H;/q;;+2/p-1. The molecule has 0 radical (unpaired) electrons. The first kappa shape index (κ1) is 20.7. The van der Waals surface area contributed by atoms with E-state index in [4.69, 9.17) is 11.4 Å². The fourth-order valence-corrected chi connectivity index (χ4v) is 9.42. The first-order chi connectivity index (χ1) is 11.7. The summed E-state index contributed by atoms with van der Waals surface area (Å²) >= 11 is 2.22. The zero-order valence-corrected chi connectivity index (χ0v) is 18.0. The summed E-state index contributed by atoms with van der Waals surface area (Å²) in [5, 5.41) is 1.53. The molecule has 1 aromatic carbocycles. The zero-order chi connectivity index (χ0) is 17.4. The molecule has 0 aliphatic heterocycles. The van der Waals surface area contributed by atoms with E-state index in [-0.39, 0.29) is 0 Å². The van der Waals surface area contributed by atoms with E-state index in [9.17, 15) is 0 Å². The van der Waals surface area contributed by atoms with E-state index in [0.717, 1.165) is 17.1 Å². The predicted octanol–water partition coefficient (Wildman–Crippen LogP) is 6.48. The summed E-state index contributed by atoms with van der Waals surface area (Å²) in [6.07, 6.45) is 14.2. The van der Waals surface area contributed by atoms with Crippen LogP contribution in [0.2, 0.25) is 0 Å². The maximum absolute atomic E-state index is 5.51. The third kappa shape index (κ3) is 4.77. The van der Waals surface area contributed by atoms with Crippen LogP contribution in [0.5, 0.6) is 5.75 Å². The molecule has 0 N–H and O–H groups in total. The first-order valence-electron chi connectivity index (χ1n) is 9.24. The molecule has 0 aromatic heterocycles. The molecule has 2 aliphatic rings. The van der Waals surface area contributed by atoms with Crippen molar-refractivity contribution in [1.82, 2.24) is 0 Å². The molecule has 0 bridgehead atoms. The van der Waals surface area contributed by atoms with Crippen molar-refractivity contribution in [2.45, 2.75) is 75.5 Å². The third-order valence-corrected chi connectivity index (χ3v) is 10.9. The van der Waals surface area contributed by atoms with E-state index >= 15 is 0 Å². The van der Waals surface area contributed by atoms with Crippen molar-refractivity contribution >= 4 is 22.1 Å². The van der Waals surface area contributed by atoms with Crippen LogP contribution in [0, 0.1) is 6.66 Å². The number of rotatable bonds is 4. The van der Waals surface area contributed by atoms with Gasteiger partial charge < -0.3 is 4.74 Å². The molecule has 0 spiro atoms. The SMILES string of the molecule is [CH2-][P+](c1cccc(OC)c1)(C1CCCCC1)C1CCCCC1.[Cl][Pd+]. The van der Waals surface area contributed by atoms with E-state index in [1.54, 1.807) is 7.11 Å². The van der Waals surface area contributed by atoms with Gasteiger partial charge in [-0.2, -0.15) is 6.66 Å². The quantitative estimate of drug-likeness (QED) is 0.284. The molecule has 2 fully saturated rings. The van der Waals surface area contributed by atoms with Crippen molar-refractivity contribution < 1.29 is 22.9 Å².